The number of methoxy groups -OCH3 is 1. The number of aryl methyl sites for hydroxylation is 1. The standard InChI is InChI=1S/C19H15ClO5/c1-11-3-8-14-15(9-11)25-18(12-4-6-13(20)7-5-12)19(17(14)22)24-10-16(21)23-2/h3-9H,10H2,1-2H3. The normalized spacial score (nSPS) is 10.7. The van der Waals surface area contributed by atoms with Crippen molar-refractivity contribution in [2.24, 2.45) is 0 Å². The van der Waals surface area contributed by atoms with Gasteiger partial charge in [0.15, 0.2) is 12.4 Å². The fourth-order valence-electron chi connectivity index (χ4n) is 2.40. The molecule has 0 saturated carbocycles. The van der Waals surface area contributed by atoms with Crippen LogP contribution >= 0.6 is 11.6 Å². The van der Waals surface area contributed by atoms with Gasteiger partial charge in [-0.1, -0.05) is 17.7 Å². The van der Waals surface area contributed by atoms with Crippen LogP contribution in [0.3, 0.4) is 0 Å². The lowest BCUT2D eigenvalue weighted by molar-refractivity contribution is -0.142. The Bertz CT molecular complexity index is 989. The largest absolute Gasteiger partial charge is 0.474 e. The van der Waals surface area contributed by atoms with Crippen LogP contribution in [0.1, 0.15) is 5.56 Å². The number of benzene rings is 2. The Morgan fingerprint density at radius 3 is 2.56 bits per heavy atom. The van der Waals surface area contributed by atoms with E-state index in [1.165, 1.54) is 7.11 Å². The molecular formula is C19H15ClO5. The van der Waals surface area contributed by atoms with E-state index in [0.717, 1.165) is 5.56 Å². The Labute approximate surface area is 148 Å². The van der Waals surface area contributed by atoms with Gasteiger partial charge >= 0.3 is 5.97 Å². The van der Waals surface area contributed by atoms with Crippen LogP contribution in [0.5, 0.6) is 5.75 Å². The van der Waals surface area contributed by atoms with Gasteiger partial charge in [-0.3, -0.25) is 4.79 Å². The summed E-state index contributed by atoms with van der Waals surface area (Å²) in [4.78, 5) is 24.2. The molecule has 6 heteroatoms. The molecule has 0 atom stereocenters. The summed E-state index contributed by atoms with van der Waals surface area (Å²) >= 11 is 5.92. The van der Waals surface area contributed by atoms with Crippen molar-refractivity contribution in [3.63, 3.8) is 0 Å². The first-order valence-corrected chi connectivity index (χ1v) is 7.90. The van der Waals surface area contributed by atoms with Crippen molar-refractivity contribution < 1.29 is 18.7 Å². The van der Waals surface area contributed by atoms with Crippen molar-refractivity contribution in [1.29, 1.82) is 0 Å². The number of rotatable bonds is 4. The van der Waals surface area contributed by atoms with Gasteiger partial charge in [-0.05, 0) is 48.9 Å². The number of esters is 1. The first kappa shape index (κ1) is 17.0. The molecule has 5 nitrogen and oxygen atoms in total. The minimum atomic E-state index is -0.592. The lowest BCUT2D eigenvalue weighted by atomic mass is 10.1. The lowest BCUT2D eigenvalue weighted by Crippen LogP contribution is -2.17. The second-order valence-electron chi connectivity index (χ2n) is 5.46. The Morgan fingerprint density at radius 1 is 1.16 bits per heavy atom. The Kier molecular flexibility index (Phi) is 4.76. The van der Waals surface area contributed by atoms with Crippen LogP contribution in [-0.2, 0) is 9.53 Å². The molecule has 2 aromatic carbocycles. The fraction of sp³-hybridized carbons (Fsp3) is 0.158. The highest BCUT2D eigenvalue weighted by atomic mass is 35.5. The number of ether oxygens (including phenoxy) is 2. The molecule has 1 aromatic heterocycles. The highest BCUT2D eigenvalue weighted by Gasteiger charge is 2.19. The summed E-state index contributed by atoms with van der Waals surface area (Å²) in [6.07, 6.45) is 0. The molecule has 3 aromatic rings. The SMILES string of the molecule is COC(=O)COc1c(-c2ccc(Cl)cc2)oc2cc(C)ccc2c1=O. The Balaban J connectivity index is 2.21. The van der Waals surface area contributed by atoms with Crippen LogP contribution < -0.4 is 10.2 Å². The third-order valence-corrected chi connectivity index (χ3v) is 3.93. The monoisotopic (exact) mass is 358 g/mol. The molecule has 1 heterocycles. The Hall–Kier alpha value is -2.79. The van der Waals surface area contributed by atoms with Gasteiger partial charge in [0.2, 0.25) is 11.2 Å². The van der Waals surface area contributed by atoms with Gasteiger partial charge in [0, 0.05) is 10.6 Å². The lowest BCUT2D eigenvalue weighted by Gasteiger charge is -2.11. The minimum absolute atomic E-state index is 0.0379. The molecule has 25 heavy (non-hydrogen) atoms. The third kappa shape index (κ3) is 3.51. The topological polar surface area (TPSA) is 65.7 Å². The minimum Gasteiger partial charge on any atom is -0.474 e. The highest BCUT2D eigenvalue weighted by Crippen LogP contribution is 2.31. The smallest absolute Gasteiger partial charge is 0.343 e. The maximum absolute atomic E-state index is 12.8. The number of hydrogen-bond donors (Lipinski definition) is 0. The van der Waals surface area contributed by atoms with Gasteiger partial charge in [-0.25, -0.2) is 4.79 Å². The quantitative estimate of drug-likeness (QED) is 0.660. The van der Waals surface area contributed by atoms with Crippen LogP contribution in [0.2, 0.25) is 5.02 Å². The second kappa shape index (κ2) is 6.99. The van der Waals surface area contributed by atoms with Crippen molar-refractivity contribution in [2.75, 3.05) is 13.7 Å². The van der Waals surface area contributed by atoms with Crippen molar-refractivity contribution in [3.8, 4) is 17.1 Å². The van der Waals surface area contributed by atoms with Gasteiger partial charge in [0.1, 0.15) is 5.58 Å². The molecular weight excluding hydrogens is 344 g/mol. The molecule has 0 spiro atoms. The zero-order valence-electron chi connectivity index (χ0n) is 13.7. The molecule has 3 rings (SSSR count). The molecule has 0 fully saturated rings. The maximum Gasteiger partial charge on any atom is 0.343 e. The first-order chi connectivity index (χ1) is 12.0. The van der Waals surface area contributed by atoms with Crippen molar-refractivity contribution in [1.82, 2.24) is 0 Å². The van der Waals surface area contributed by atoms with Gasteiger partial charge in [0.05, 0.1) is 12.5 Å². The molecule has 0 unspecified atom stereocenters. The van der Waals surface area contributed by atoms with E-state index in [4.69, 9.17) is 20.8 Å². The van der Waals surface area contributed by atoms with Crippen LogP contribution in [0.25, 0.3) is 22.3 Å². The average molecular weight is 359 g/mol. The van der Waals surface area contributed by atoms with E-state index in [-0.39, 0.29) is 23.5 Å². The van der Waals surface area contributed by atoms with Gasteiger partial charge in [-0.15, -0.1) is 0 Å². The summed E-state index contributed by atoms with van der Waals surface area (Å²) in [6.45, 7) is 1.52. The van der Waals surface area contributed by atoms with Crippen LogP contribution in [0.15, 0.2) is 51.7 Å². The summed E-state index contributed by atoms with van der Waals surface area (Å²) in [6, 6.07) is 12.1. The number of carbonyl (C=O) groups excluding carboxylic acids is 1. The number of hydrogen-bond acceptors (Lipinski definition) is 5. The average Bonchev–Trinajstić information content (AvgIpc) is 2.61. The molecule has 0 saturated heterocycles. The molecule has 0 aliphatic heterocycles. The predicted octanol–water partition coefficient (Wildman–Crippen LogP) is 3.97. The first-order valence-electron chi connectivity index (χ1n) is 7.52. The van der Waals surface area contributed by atoms with E-state index in [2.05, 4.69) is 4.74 Å². The zero-order chi connectivity index (χ0) is 18.0. The fourth-order valence-corrected chi connectivity index (χ4v) is 2.52. The van der Waals surface area contributed by atoms with Crippen LogP contribution in [0.4, 0.5) is 0 Å². The van der Waals surface area contributed by atoms with Gasteiger partial charge < -0.3 is 13.9 Å². The van der Waals surface area contributed by atoms with E-state index in [0.29, 0.717) is 21.6 Å². The molecule has 0 amide bonds. The van der Waals surface area contributed by atoms with E-state index in [1.54, 1.807) is 36.4 Å². The second-order valence-corrected chi connectivity index (χ2v) is 5.90. The molecule has 0 aliphatic carbocycles. The van der Waals surface area contributed by atoms with E-state index in [1.807, 2.05) is 13.0 Å². The number of carbonyl (C=O) groups is 1. The summed E-state index contributed by atoms with van der Waals surface area (Å²) in [5.74, 6) is -0.391. The summed E-state index contributed by atoms with van der Waals surface area (Å²) < 4.78 is 15.9. The van der Waals surface area contributed by atoms with Crippen molar-refractivity contribution in [2.45, 2.75) is 6.92 Å². The highest BCUT2D eigenvalue weighted by molar-refractivity contribution is 6.30. The van der Waals surface area contributed by atoms with Gasteiger partial charge in [-0.2, -0.15) is 0 Å². The van der Waals surface area contributed by atoms with Crippen molar-refractivity contribution in [3.05, 3.63) is 63.3 Å². The zero-order valence-corrected chi connectivity index (χ0v) is 14.4. The molecule has 0 aliphatic rings. The van der Waals surface area contributed by atoms with Crippen LogP contribution in [0, 0.1) is 6.92 Å². The van der Waals surface area contributed by atoms with Crippen molar-refractivity contribution >= 4 is 28.5 Å². The van der Waals surface area contributed by atoms with E-state index < -0.39 is 5.97 Å². The molecule has 0 radical (unpaired) electrons. The summed E-state index contributed by atoms with van der Waals surface area (Å²) in [5.41, 5.74) is 1.67. The molecule has 0 N–H and O–H groups in total. The van der Waals surface area contributed by atoms with Crippen LogP contribution in [-0.4, -0.2) is 19.7 Å². The summed E-state index contributed by atoms with van der Waals surface area (Å²) in [7, 11) is 1.25. The maximum atomic E-state index is 12.8. The van der Waals surface area contributed by atoms with Gasteiger partial charge in [0.25, 0.3) is 0 Å². The summed E-state index contributed by atoms with van der Waals surface area (Å²) in [5, 5.41) is 0.933. The van der Waals surface area contributed by atoms with E-state index in [9.17, 15) is 9.59 Å². The predicted molar refractivity (Wildman–Crippen MR) is 95.2 cm³/mol. The number of fused-ring (bicyclic) bond motifs is 1. The third-order valence-electron chi connectivity index (χ3n) is 3.67. The molecule has 128 valence electrons. The van der Waals surface area contributed by atoms with E-state index >= 15 is 0 Å². The Morgan fingerprint density at radius 2 is 1.88 bits per heavy atom. The number of halogens is 1. The molecule has 0 bridgehead atoms.